The largest absolute Gasteiger partial charge is 0.511 e. The van der Waals surface area contributed by atoms with Crippen LogP contribution in [-0.2, 0) is 9.59 Å². The molecule has 0 aromatic rings. The molecule has 6 heteroatoms. The van der Waals surface area contributed by atoms with E-state index in [0.29, 0.717) is 11.8 Å². The Labute approximate surface area is 315 Å². The van der Waals surface area contributed by atoms with Crippen molar-refractivity contribution in [2.24, 2.45) is 11.8 Å². The third kappa shape index (κ3) is 16.0. The number of fused-ring (bicyclic) bond motifs is 1. The van der Waals surface area contributed by atoms with Crippen LogP contribution in [0.4, 0.5) is 0 Å². The lowest BCUT2D eigenvalue weighted by Crippen LogP contribution is -2.37. The monoisotopic (exact) mass is 716 g/mol. The highest BCUT2D eigenvalue weighted by molar-refractivity contribution is 6.25. The van der Waals surface area contributed by atoms with Crippen LogP contribution < -0.4 is 5.32 Å². The molecular weight excluding hydrogens is 652 g/mol. The number of rotatable bonds is 11. The zero-order chi connectivity index (χ0) is 38.7. The van der Waals surface area contributed by atoms with Crippen molar-refractivity contribution in [1.29, 1.82) is 0 Å². The van der Waals surface area contributed by atoms with Crippen LogP contribution in [0.2, 0.25) is 0 Å². The van der Waals surface area contributed by atoms with Gasteiger partial charge in [-0.15, -0.1) is 0 Å². The second-order valence-corrected chi connectivity index (χ2v) is 12.7. The Bertz CT molecular complexity index is 1390. The highest BCUT2D eigenvalue weighted by Crippen LogP contribution is 2.53. The lowest BCUT2D eigenvalue weighted by molar-refractivity contribution is -0.0987. The summed E-state index contributed by atoms with van der Waals surface area (Å²) in [6, 6.07) is 0. The SMILES string of the molecule is C=C/C(=C\C/C=C\C)CN1CCC2=CC=C(C3CC3(NC)C(=C)O)CCC2C1.C=O.C=O.CC.C\C=C/C(=C\C=C\Cl)C1=C/C/C=C(/C)CC=C\1. The number of aliphatic hydroxyl groups is 1. The molecule has 280 valence electrons. The average Bonchev–Trinajstić information content (AvgIpc) is 3.94. The molecule has 0 radical (unpaired) electrons. The summed E-state index contributed by atoms with van der Waals surface area (Å²) in [7, 11) is 1.93. The maximum Gasteiger partial charge on any atom is 0.106 e. The van der Waals surface area contributed by atoms with Crippen molar-refractivity contribution in [2.75, 3.05) is 26.7 Å². The van der Waals surface area contributed by atoms with Crippen LogP contribution in [0, 0.1) is 11.8 Å². The normalized spacial score (nSPS) is 25.4. The molecule has 3 unspecified atom stereocenters. The van der Waals surface area contributed by atoms with Crippen molar-refractivity contribution < 1.29 is 14.7 Å². The molecule has 51 heavy (non-hydrogen) atoms. The summed E-state index contributed by atoms with van der Waals surface area (Å²) in [6.07, 6.45) is 37.7. The summed E-state index contributed by atoms with van der Waals surface area (Å²) in [6.45, 7) is 25.3. The lowest BCUT2D eigenvalue weighted by atomic mass is 9.87. The number of hydrogen-bond acceptors (Lipinski definition) is 5. The zero-order valence-electron chi connectivity index (χ0n) is 32.3. The number of likely N-dealkylation sites (tertiary alicyclic amines) is 1. The number of carbonyl (C=O) groups is 2. The molecule has 0 amide bonds. The van der Waals surface area contributed by atoms with Crippen LogP contribution >= 0.6 is 11.6 Å². The smallest absolute Gasteiger partial charge is 0.106 e. The van der Waals surface area contributed by atoms with Gasteiger partial charge in [0, 0.05) is 31.1 Å². The van der Waals surface area contributed by atoms with Crippen LogP contribution in [0.3, 0.4) is 0 Å². The minimum absolute atomic E-state index is 0.281. The van der Waals surface area contributed by atoms with Gasteiger partial charge in [-0.2, -0.15) is 0 Å². The Kier molecular flexibility index (Phi) is 25.8. The molecule has 3 atom stereocenters. The Morgan fingerprint density at radius 2 is 1.80 bits per heavy atom. The summed E-state index contributed by atoms with van der Waals surface area (Å²) in [5.41, 5.74) is 9.50. The Balaban J connectivity index is 0.000000933. The first-order chi connectivity index (χ1) is 24.8. The summed E-state index contributed by atoms with van der Waals surface area (Å²) < 4.78 is 0. The standard InChI is InChI=1S/C25H36N2O.C16H19Cl.C2H6.2CH2O/c1-5-7-8-9-20(6-2)17-27-15-14-21-10-11-22(12-13-23(21)18-27)24-16-25(24,26-4)19(3)28;1-3-7-15(12-6-13-17)16-10-4-8-14(2)9-5-11-16;3*1-2/h5-7,9-11,23-24,26,28H,2-3,8,12-18H2,1,4H3;3-4,6-7,9-13H,5,8H2,1-2H3;1-2H3;2*1H2/b7-5-,20-9+;7-3-,10-4?,13-6+,14-9-,15-12+,16-11+;;;. The van der Waals surface area contributed by atoms with E-state index < -0.39 is 0 Å². The highest BCUT2D eigenvalue weighted by atomic mass is 35.5. The maximum atomic E-state index is 10.0. The fourth-order valence-corrected chi connectivity index (χ4v) is 6.62. The predicted molar refractivity (Wildman–Crippen MR) is 223 cm³/mol. The zero-order valence-corrected chi connectivity index (χ0v) is 33.1. The number of nitrogens with zero attached hydrogens (tertiary/aromatic N) is 1. The van der Waals surface area contributed by atoms with Gasteiger partial charge in [0.2, 0.25) is 0 Å². The molecule has 0 aromatic carbocycles. The Morgan fingerprint density at radius 1 is 1.10 bits per heavy atom. The number of nitrogens with one attached hydrogen (secondary N) is 1. The van der Waals surface area contributed by atoms with Crippen LogP contribution in [0.1, 0.15) is 79.6 Å². The van der Waals surface area contributed by atoms with E-state index in [-0.39, 0.29) is 11.3 Å². The van der Waals surface area contributed by atoms with E-state index in [1.165, 1.54) is 39.8 Å². The first-order valence-corrected chi connectivity index (χ1v) is 18.6. The second kappa shape index (κ2) is 27.9. The van der Waals surface area contributed by atoms with Gasteiger partial charge in [0.25, 0.3) is 0 Å². The van der Waals surface area contributed by atoms with E-state index in [9.17, 15) is 5.11 Å². The molecule has 0 spiro atoms. The molecule has 3 aliphatic carbocycles. The molecule has 4 aliphatic rings. The van der Waals surface area contributed by atoms with E-state index in [2.05, 4.69) is 98.0 Å². The van der Waals surface area contributed by atoms with Gasteiger partial charge in [-0.1, -0.05) is 140 Å². The number of piperidine rings is 1. The minimum Gasteiger partial charge on any atom is -0.511 e. The van der Waals surface area contributed by atoms with Crippen molar-refractivity contribution in [3.05, 3.63) is 143 Å². The number of aliphatic hydroxyl groups excluding tert-OH is 1. The molecule has 1 saturated heterocycles. The summed E-state index contributed by atoms with van der Waals surface area (Å²) in [4.78, 5) is 18.6. The molecule has 1 heterocycles. The van der Waals surface area contributed by atoms with Crippen LogP contribution in [0.5, 0.6) is 0 Å². The third-order valence-electron chi connectivity index (χ3n) is 9.37. The number of halogens is 1. The molecule has 0 aromatic heterocycles. The molecule has 2 N–H and O–H groups in total. The number of carbonyl (C=O) groups excluding carboxylic acids is 2. The van der Waals surface area contributed by atoms with Gasteiger partial charge in [0.05, 0.1) is 5.54 Å². The quantitative estimate of drug-likeness (QED) is 0.127. The number of hydrogen-bond donors (Lipinski definition) is 2. The van der Waals surface area contributed by atoms with Gasteiger partial charge in [-0.3, -0.25) is 4.90 Å². The maximum absolute atomic E-state index is 10.0. The van der Waals surface area contributed by atoms with E-state index in [1.54, 1.807) is 5.57 Å². The second-order valence-electron chi connectivity index (χ2n) is 12.4. The highest BCUT2D eigenvalue weighted by Gasteiger charge is 2.57. The summed E-state index contributed by atoms with van der Waals surface area (Å²) in [5.74, 6) is 1.32. The van der Waals surface area contributed by atoms with Crippen molar-refractivity contribution in [2.45, 2.75) is 85.1 Å². The van der Waals surface area contributed by atoms with E-state index in [1.807, 2.05) is 65.7 Å². The van der Waals surface area contributed by atoms with Crippen LogP contribution in [0.15, 0.2) is 143 Å². The minimum atomic E-state index is -0.289. The van der Waals surface area contributed by atoms with Gasteiger partial charge in [-0.25, -0.2) is 0 Å². The Morgan fingerprint density at radius 3 is 2.39 bits per heavy atom. The number of likely N-dealkylation sites (N-methyl/N-ethyl adjacent to an activating group) is 1. The summed E-state index contributed by atoms with van der Waals surface area (Å²) >= 11 is 5.57. The first kappa shape index (κ1) is 47.2. The van der Waals surface area contributed by atoms with Gasteiger partial charge >= 0.3 is 0 Å². The molecular formula is C45H65ClN2O3. The van der Waals surface area contributed by atoms with Crippen molar-refractivity contribution in [1.82, 2.24) is 10.2 Å². The van der Waals surface area contributed by atoms with Gasteiger partial charge in [0.15, 0.2) is 0 Å². The van der Waals surface area contributed by atoms with Crippen LogP contribution in [0.25, 0.3) is 0 Å². The third-order valence-corrected chi connectivity index (χ3v) is 9.52. The van der Waals surface area contributed by atoms with Gasteiger partial charge < -0.3 is 20.0 Å². The lowest BCUT2D eigenvalue weighted by Gasteiger charge is -2.34. The van der Waals surface area contributed by atoms with Gasteiger partial charge in [-0.05, 0) is 95.4 Å². The van der Waals surface area contributed by atoms with Crippen LogP contribution in [-0.4, -0.2) is 55.8 Å². The molecule has 2 fully saturated rings. The van der Waals surface area contributed by atoms with Gasteiger partial charge in [0.1, 0.15) is 19.3 Å². The van der Waals surface area contributed by atoms with E-state index in [4.69, 9.17) is 21.2 Å². The molecule has 5 nitrogen and oxygen atoms in total. The topological polar surface area (TPSA) is 69.6 Å². The Hall–Kier alpha value is -3.77. The first-order valence-electron chi connectivity index (χ1n) is 18.1. The molecule has 1 saturated carbocycles. The van der Waals surface area contributed by atoms with E-state index >= 15 is 0 Å². The molecule has 0 bridgehead atoms. The average molecular weight is 717 g/mol. The van der Waals surface area contributed by atoms with E-state index in [0.717, 1.165) is 58.2 Å². The summed E-state index contributed by atoms with van der Waals surface area (Å²) in [5, 5.41) is 13.3. The fourth-order valence-electron chi connectivity index (χ4n) is 6.55. The van der Waals surface area contributed by atoms with Crippen molar-refractivity contribution >= 4 is 25.2 Å². The fraction of sp³-hybridized carbons (Fsp3) is 0.422. The van der Waals surface area contributed by atoms with Crippen molar-refractivity contribution in [3.63, 3.8) is 0 Å². The molecule has 1 aliphatic heterocycles. The predicted octanol–water partition coefficient (Wildman–Crippen LogP) is 11.2. The van der Waals surface area contributed by atoms with Crippen molar-refractivity contribution in [3.8, 4) is 0 Å². The number of allylic oxidation sites excluding steroid dienone is 16. The molecule has 4 rings (SSSR count).